The van der Waals surface area contributed by atoms with Gasteiger partial charge >= 0.3 is 0 Å². The average Bonchev–Trinajstić information content (AvgIpc) is 2.86. The summed E-state index contributed by atoms with van der Waals surface area (Å²) in [6, 6.07) is 5.32. The summed E-state index contributed by atoms with van der Waals surface area (Å²) in [7, 11) is 0. The Labute approximate surface area is 89.9 Å². The molecule has 2 fully saturated rings. The van der Waals surface area contributed by atoms with E-state index in [9.17, 15) is 0 Å². The van der Waals surface area contributed by atoms with E-state index < -0.39 is 0 Å². The first-order valence-corrected chi connectivity index (χ1v) is 5.63. The summed E-state index contributed by atoms with van der Waals surface area (Å²) in [4.78, 5) is 4.20. The van der Waals surface area contributed by atoms with Crippen molar-refractivity contribution in [1.29, 1.82) is 0 Å². The summed E-state index contributed by atoms with van der Waals surface area (Å²) in [5, 5.41) is 3.56. The van der Waals surface area contributed by atoms with Gasteiger partial charge in [0, 0.05) is 17.8 Å². The number of hydrogen-bond donors (Lipinski definition) is 1. The minimum absolute atomic E-state index is 0.551. The highest BCUT2D eigenvalue weighted by Crippen LogP contribution is 2.40. The molecule has 80 valence electrons. The molecule has 0 aromatic carbocycles. The molecule has 3 heteroatoms. The van der Waals surface area contributed by atoms with Crippen molar-refractivity contribution in [2.75, 3.05) is 6.61 Å². The first kappa shape index (κ1) is 9.16. The summed E-state index contributed by atoms with van der Waals surface area (Å²) >= 11 is 0. The quantitative estimate of drug-likeness (QED) is 0.810. The lowest BCUT2D eigenvalue weighted by Gasteiger charge is -2.14. The van der Waals surface area contributed by atoms with Crippen molar-refractivity contribution in [2.45, 2.75) is 31.8 Å². The van der Waals surface area contributed by atoms with Crippen molar-refractivity contribution in [3.8, 4) is 5.75 Å². The molecule has 1 aliphatic carbocycles. The Kier molecular flexibility index (Phi) is 2.13. The summed E-state index contributed by atoms with van der Waals surface area (Å²) < 4.78 is 5.69. The first-order chi connectivity index (χ1) is 7.31. The van der Waals surface area contributed by atoms with Crippen LogP contribution < -0.4 is 10.1 Å². The molecule has 1 aliphatic heterocycles. The van der Waals surface area contributed by atoms with Gasteiger partial charge in [-0.2, -0.15) is 0 Å². The maximum absolute atomic E-state index is 5.69. The normalized spacial score (nSPS) is 32.5. The van der Waals surface area contributed by atoms with Crippen molar-refractivity contribution >= 4 is 0 Å². The van der Waals surface area contributed by atoms with Crippen LogP contribution in [0.5, 0.6) is 5.75 Å². The number of aromatic nitrogens is 1. The van der Waals surface area contributed by atoms with Crippen LogP contribution in [-0.2, 0) is 0 Å². The number of piperidine rings is 1. The summed E-state index contributed by atoms with van der Waals surface area (Å²) in [6.07, 6.45) is 4.46. The molecule has 1 saturated heterocycles. The van der Waals surface area contributed by atoms with Gasteiger partial charge in [0.2, 0.25) is 0 Å². The molecule has 2 aliphatic rings. The maximum Gasteiger partial charge on any atom is 0.137 e. The third-order valence-electron chi connectivity index (χ3n) is 3.30. The smallest absolute Gasteiger partial charge is 0.137 e. The number of ether oxygens (including phenoxy) is 1. The highest BCUT2D eigenvalue weighted by Gasteiger charge is 2.45. The highest BCUT2D eigenvalue weighted by atomic mass is 16.5. The van der Waals surface area contributed by atoms with Crippen LogP contribution in [0.1, 0.15) is 18.5 Å². The van der Waals surface area contributed by atoms with Crippen LogP contribution in [0, 0.1) is 12.8 Å². The predicted molar refractivity (Wildman–Crippen MR) is 57.9 cm³/mol. The van der Waals surface area contributed by atoms with Crippen LogP contribution in [0.4, 0.5) is 0 Å². The Balaban J connectivity index is 1.51. The Morgan fingerprint density at radius 2 is 2.40 bits per heavy atom. The Bertz CT molecular complexity index is 339. The summed E-state index contributed by atoms with van der Waals surface area (Å²) in [5.74, 6) is 1.82. The second-order valence-electron chi connectivity index (χ2n) is 4.65. The predicted octanol–water partition coefficient (Wildman–Crippen LogP) is 1.52. The fraction of sp³-hybridized carbons (Fsp3) is 0.583. The number of pyridine rings is 1. The number of hydrogen-bond acceptors (Lipinski definition) is 3. The lowest BCUT2D eigenvalue weighted by atomic mass is 10.2. The minimum Gasteiger partial charge on any atom is -0.490 e. The lowest BCUT2D eigenvalue weighted by Crippen LogP contribution is -2.31. The first-order valence-electron chi connectivity index (χ1n) is 5.63. The Morgan fingerprint density at radius 1 is 1.47 bits per heavy atom. The second-order valence-corrected chi connectivity index (χ2v) is 4.65. The zero-order chi connectivity index (χ0) is 10.3. The molecule has 0 radical (unpaired) electrons. The molecular weight excluding hydrogens is 188 g/mol. The average molecular weight is 204 g/mol. The standard InChI is InChI=1S/C12H16N2O/c1-8-2-3-11(6-13-8)15-7-10-4-9-5-12(9)14-10/h2-3,6,9-10,12,14H,4-5,7H2,1H3. The number of rotatable bonds is 3. The van der Waals surface area contributed by atoms with Crippen LogP contribution in [0.3, 0.4) is 0 Å². The van der Waals surface area contributed by atoms with Crippen molar-refractivity contribution in [3.63, 3.8) is 0 Å². The van der Waals surface area contributed by atoms with Crippen molar-refractivity contribution in [1.82, 2.24) is 10.3 Å². The molecule has 3 atom stereocenters. The molecule has 0 spiro atoms. The number of nitrogens with zero attached hydrogens (tertiary/aromatic N) is 1. The van der Waals surface area contributed by atoms with Gasteiger partial charge in [-0.25, -0.2) is 0 Å². The van der Waals surface area contributed by atoms with Gasteiger partial charge in [-0.1, -0.05) is 0 Å². The van der Waals surface area contributed by atoms with Crippen molar-refractivity contribution in [2.24, 2.45) is 5.92 Å². The molecule has 3 nitrogen and oxygen atoms in total. The fourth-order valence-electron chi connectivity index (χ4n) is 2.30. The van der Waals surface area contributed by atoms with Gasteiger partial charge in [0.15, 0.2) is 0 Å². The van der Waals surface area contributed by atoms with E-state index in [4.69, 9.17) is 4.74 Å². The van der Waals surface area contributed by atoms with Gasteiger partial charge in [0.25, 0.3) is 0 Å². The van der Waals surface area contributed by atoms with E-state index in [0.29, 0.717) is 6.04 Å². The maximum atomic E-state index is 5.69. The number of aryl methyl sites for hydroxylation is 1. The summed E-state index contributed by atoms with van der Waals surface area (Å²) in [6.45, 7) is 2.76. The highest BCUT2D eigenvalue weighted by molar-refractivity contribution is 5.19. The van der Waals surface area contributed by atoms with Gasteiger partial charge < -0.3 is 10.1 Å². The molecular formula is C12H16N2O. The molecule has 1 saturated carbocycles. The molecule has 15 heavy (non-hydrogen) atoms. The third kappa shape index (κ3) is 1.97. The van der Waals surface area contributed by atoms with Gasteiger partial charge in [-0.3, -0.25) is 4.98 Å². The van der Waals surface area contributed by atoms with E-state index in [1.54, 1.807) is 6.20 Å². The van der Waals surface area contributed by atoms with Crippen LogP contribution in [-0.4, -0.2) is 23.7 Å². The van der Waals surface area contributed by atoms with Crippen molar-refractivity contribution in [3.05, 3.63) is 24.0 Å². The van der Waals surface area contributed by atoms with Crippen LogP contribution in [0.25, 0.3) is 0 Å². The van der Waals surface area contributed by atoms with Crippen LogP contribution >= 0.6 is 0 Å². The zero-order valence-corrected chi connectivity index (χ0v) is 8.94. The fourth-order valence-corrected chi connectivity index (χ4v) is 2.30. The SMILES string of the molecule is Cc1ccc(OCC2CC3CC3N2)cn1. The van der Waals surface area contributed by atoms with Gasteiger partial charge in [0.05, 0.1) is 6.20 Å². The molecule has 3 rings (SSSR count). The largest absolute Gasteiger partial charge is 0.490 e. The van der Waals surface area contributed by atoms with E-state index in [2.05, 4.69) is 10.3 Å². The van der Waals surface area contributed by atoms with Gasteiger partial charge in [-0.05, 0) is 37.8 Å². The monoisotopic (exact) mass is 204 g/mol. The van der Waals surface area contributed by atoms with E-state index in [0.717, 1.165) is 30.0 Å². The Hall–Kier alpha value is -1.09. The van der Waals surface area contributed by atoms with E-state index in [1.165, 1.54) is 12.8 Å². The zero-order valence-electron chi connectivity index (χ0n) is 8.94. The van der Waals surface area contributed by atoms with Gasteiger partial charge in [0.1, 0.15) is 12.4 Å². The minimum atomic E-state index is 0.551. The lowest BCUT2D eigenvalue weighted by molar-refractivity contribution is 0.267. The van der Waals surface area contributed by atoms with Crippen LogP contribution in [0.15, 0.2) is 18.3 Å². The van der Waals surface area contributed by atoms with Crippen molar-refractivity contribution < 1.29 is 4.74 Å². The molecule has 3 unspecified atom stereocenters. The second kappa shape index (κ2) is 3.49. The third-order valence-corrected chi connectivity index (χ3v) is 3.30. The number of fused-ring (bicyclic) bond motifs is 1. The molecule has 1 aromatic heterocycles. The molecule has 0 bridgehead atoms. The molecule has 2 heterocycles. The van der Waals surface area contributed by atoms with Gasteiger partial charge in [-0.15, -0.1) is 0 Å². The molecule has 1 aromatic rings. The van der Waals surface area contributed by atoms with E-state index >= 15 is 0 Å². The molecule has 0 amide bonds. The number of nitrogens with one attached hydrogen (secondary N) is 1. The van der Waals surface area contributed by atoms with E-state index in [1.807, 2.05) is 19.1 Å². The topological polar surface area (TPSA) is 34.1 Å². The molecule has 1 N–H and O–H groups in total. The van der Waals surface area contributed by atoms with E-state index in [-0.39, 0.29) is 0 Å². The Morgan fingerprint density at radius 3 is 3.07 bits per heavy atom. The van der Waals surface area contributed by atoms with Crippen LogP contribution in [0.2, 0.25) is 0 Å². The summed E-state index contributed by atoms with van der Waals surface area (Å²) in [5.41, 5.74) is 1.03.